The van der Waals surface area contributed by atoms with Crippen LogP contribution in [0.1, 0.15) is 31.2 Å². The zero-order valence-corrected chi connectivity index (χ0v) is 11.0. The third-order valence-corrected chi connectivity index (χ3v) is 3.80. The number of nitrogens with one attached hydrogen (secondary N) is 1. The van der Waals surface area contributed by atoms with Gasteiger partial charge in [-0.25, -0.2) is 4.39 Å². The molecule has 4 heteroatoms. The summed E-state index contributed by atoms with van der Waals surface area (Å²) >= 11 is 6.04. The summed E-state index contributed by atoms with van der Waals surface area (Å²) in [5, 5.41) is 0.464. The molecule has 0 saturated heterocycles. The predicted molar refractivity (Wildman–Crippen MR) is 72.8 cm³/mol. The van der Waals surface area contributed by atoms with Crippen molar-refractivity contribution < 1.29 is 4.39 Å². The minimum atomic E-state index is -0.265. The van der Waals surface area contributed by atoms with Gasteiger partial charge in [0.2, 0.25) is 0 Å². The number of hydrogen-bond acceptors (Lipinski definition) is 2. The van der Waals surface area contributed by atoms with Gasteiger partial charge in [0, 0.05) is 16.6 Å². The van der Waals surface area contributed by atoms with Crippen molar-refractivity contribution >= 4 is 11.6 Å². The summed E-state index contributed by atoms with van der Waals surface area (Å²) in [6.45, 7) is 0. The van der Waals surface area contributed by atoms with Crippen molar-refractivity contribution in [2.75, 3.05) is 0 Å². The minimum absolute atomic E-state index is 0.0281. The van der Waals surface area contributed by atoms with Crippen LogP contribution in [0.2, 0.25) is 5.02 Å². The lowest BCUT2D eigenvalue weighted by Gasteiger charge is -2.23. The number of halogens is 2. The highest BCUT2D eigenvalue weighted by molar-refractivity contribution is 6.31. The maximum atomic E-state index is 13.7. The zero-order chi connectivity index (χ0) is 13.0. The number of benzene rings is 1. The molecule has 1 atom stereocenters. The summed E-state index contributed by atoms with van der Waals surface area (Å²) < 4.78 is 13.7. The Morgan fingerprint density at radius 1 is 1.39 bits per heavy atom. The van der Waals surface area contributed by atoms with E-state index < -0.39 is 0 Å². The average Bonchev–Trinajstić information content (AvgIpc) is 2.40. The van der Waals surface area contributed by atoms with Gasteiger partial charge in [-0.05, 0) is 44.2 Å². The van der Waals surface area contributed by atoms with E-state index in [2.05, 4.69) is 11.5 Å². The average molecular weight is 269 g/mol. The first kappa shape index (κ1) is 13.5. The molecule has 1 aliphatic carbocycles. The highest BCUT2D eigenvalue weighted by Gasteiger charge is 2.18. The molecule has 2 rings (SSSR count). The number of rotatable bonds is 4. The van der Waals surface area contributed by atoms with Crippen molar-refractivity contribution in [2.45, 2.75) is 38.1 Å². The number of hydrogen-bond donors (Lipinski definition) is 2. The van der Waals surface area contributed by atoms with Crippen LogP contribution in [0, 0.1) is 5.82 Å². The van der Waals surface area contributed by atoms with Crippen molar-refractivity contribution in [2.24, 2.45) is 5.84 Å². The highest BCUT2D eigenvalue weighted by Crippen LogP contribution is 2.26. The lowest BCUT2D eigenvalue weighted by molar-refractivity contribution is 0.526. The molecule has 0 heterocycles. The van der Waals surface area contributed by atoms with Gasteiger partial charge in [0.15, 0.2) is 0 Å². The van der Waals surface area contributed by atoms with E-state index in [0.717, 1.165) is 12.8 Å². The summed E-state index contributed by atoms with van der Waals surface area (Å²) in [4.78, 5) is 0. The van der Waals surface area contributed by atoms with Crippen molar-refractivity contribution in [1.82, 2.24) is 5.43 Å². The topological polar surface area (TPSA) is 38.0 Å². The molecule has 0 bridgehead atoms. The maximum Gasteiger partial charge on any atom is 0.127 e. The van der Waals surface area contributed by atoms with Crippen molar-refractivity contribution in [1.29, 1.82) is 0 Å². The molecule has 2 nitrogen and oxygen atoms in total. The van der Waals surface area contributed by atoms with Crippen LogP contribution in [0.4, 0.5) is 4.39 Å². The molecule has 18 heavy (non-hydrogen) atoms. The smallest absolute Gasteiger partial charge is 0.127 e. The summed E-state index contributed by atoms with van der Waals surface area (Å²) in [6, 6.07) is 4.73. The molecular formula is C14H18ClFN2. The van der Waals surface area contributed by atoms with Gasteiger partial charge in [-0.3, -0.25) is 11.3 Å². The normalized spacial score (nSPS) is 17.4. The predicted octanol–water partition coefficient (Wildman–Crippen LogP) is 3.35. The van der Waals surface area contributed by atoms with E-state index >= 15 is 0 Å². The maximum absolute atomic E-state index is 13.7. The second-order valence-corrected chi connectivity index (χ2v) is 5.06. The lowest BCUT2D eigenvalue weighted by Crippen LogP contribution is -2.39. The lowest BCUT2D eigenvalue weighted by atomic mass is 9.90. The molecular weight excluding hydrogens is 251 g/mol. The van der Waals surface area contributed by atoms with E-state index in [0.29, 0.717) is 17.0 Å². The fourth-order valence-corrected chi connectivity index (χ4v) is 2.65. The van der Waals surface area contributed by atoms with E-state index in [-0.39, 0.29) is 11.9 Å². The number of nitrogens with two attached hydrogens (primary N) is 1. The van der Waals surface area contributed by atoms with Crippen molar-refractivity contribution in [3.8, 4) is 0 Å². The van der Waals surface area contributed by atoms with Gasteiger partial charge in [-0.1, -0.05) is 29.3 Å². The first-order valence-electron chi connectivity index (χ1n) is 6.30. The van der Waals surface area contributed by atoms with Gasteiger partial charge in [0.05, 0.1) is 0 Å². The van der Waals surface area contributed by atoms with Crippen LogP contribution in [-0.2, 0) is 6.42 Å². The first-order valence-corrected chi connectivity index (χ1v) is 6.68. The molecule has 1 unspecified atom stereocenters. The fraction of sp³-hybridized carbons (Fsp3) is 0.429. The molecule has 1 aromatic carbocycles. The van der Waals surface area contributed by atoms with Crippen molar-refractivity contribution in [3.63, 3.8) is 0 Å². The van der Waals surface area contributed by atoms with E-state index in [1.54, 1.807) is 12.1 Å². The Morgan fingerprint density at radius 2 is 2.22 bits per heavy atom. The molecule has 3 N–H and O–H groups in total. The summed E-state index contributed by atoms with van der Waals surface area (Å²) in [6.07, 6.45) is 7.21. The van der Waals surface area contributed by atoms with Crippen LogP contribution >= 0.6 is 11.6 Å². The fourth-order valence-electron chi connectivity index (χ4n) is 2.41. The SMILES string of the molecule is NNC(Cc1c(F)cccc1Cl)C1=CCCCC1. The van der Waals surface area contributed by atoms with Gasteiger partial charge < -0.3 is 0 Å². The minimum Gasteiger partial charge on any atom is -0.271 e. The summed E-state index contributed by atoms with van der Waals surface area (Å²) in [5.74, 6) is 5.33. The Morgan fingerprint density at radius 3 is 2.83 bits per heavy atom. The van der Waals surface area contributed by atoms with Gasteiger partial charge in [-0.15, -0.1) is 0 Å². The summed E-state index contributed by atoms with van der Waals surface area (Å²) in [5.41, 5.74) is 4.58. The molecule has 0 amide bonds. The Bertz CT molecular complexity index is 425. The number of allylic oxidation sites excluding steroid dienone is 1. The van der Waals surface area contributed by atoms with E-state index in [9.17, 15) is 4.39 Å². The van der Waals surface area contributed by atoms with Gasteiger partial charge in [0.25, 0.3) is 0 Å². The molecule has 1 aromatic rings. The van der Waals surface area contributed by atoms with Crippen LogP contribution < -0.4 is 11.3 Å². The monoisotopic (exact) mass is 268 g/mol. The summed E-state index contributed by atoms with van der Waals surface area (Å²) in [7, 11) is 0. The van der Waals surface area contributed by atoms with E-state index in [1.165, 1.54) is 24.5 Å². The van der Waals surface area contributed by atoms with E-state index in [1.807, 2.05) is 0 Å². The molecule has 0 aliphatic heterocycles. The molecule has 98 valence electrons. The first-order chi connectivity index (χ1) is 8.72. The van der Waals surface area contributed by atoms with Crippen LogP contribution in [-0.4, -0.2) is 6.04 Å². The van der Waals surface area contributed by atoms with Crippen LogP contribution in [0.3, 0.4) is 0 Å². The van der Waals surface area contributed by atoms with Crippen LogP contribution in [0.5, 0.6) is 0 Å². The van der Waals surface area contributed by atoms with Gasteiger partial charge in [0.1, 0.15) is 5.82 Å². The van der Waals surface area contributed by atoms with Gasteiger partial charge >= 0.3 is 0 Å². The Balaban J connectivity index is 2.17. The van der Waals surface area contributed by atoms with Gasteiger partial charge in [-0.2, -0.15) is 0 Å². The number of hydrazine groups is 1. The van der Waals surface area contributed by atoms with E-state index in [4.69, 9.17) is 17.4 Å². The van der Waals surface area contributed by atoms with Crippen LogP contribution in [0.25, 0.3) is 0 Å². The Kier molecular flexibility index (Phi) is 4.75. The Hall–Kier alpha value is -0.900. The second kappa shape index (κ2) is 6.32. The zero-order valence-electron chi connectivity index (χ0n) is 10.3. The van der Waals surface area contributed by atoms with Crippen molar-refractivity contribution in [3.05, 3.63) is 46.3 Å². The molecule has 0 saturated carbocycles. The quantitative estimate of drug-likeness (QED) is 0.499. The standard InChI is InChI=1S/C14H18ClFN2/c15-12-7-4-8-13(16)11(12)9-14(18-17)10-5-2-1-3-6-10/h4-5,7-8,14,18H,1-3,6,9,17H2. The molecule has 1 aliphatic rings. The second-order valence-electron chi connectivity index (χ2n) is 4.65. The third-order valence-electron chi connectivity index (χ3n) is 3.44. The highest BCUT2D eigenvalue weighted by atomic mass is 35.5. The molecule has 0 radical (unpaired) electrons. The van der Waals surface area contributed by atoms with Crippen LogP contribution in [0.15, 0.2) is 29.8 Å². The largest absolute Gasteiger partial charge is 0.271 e. The molecule has 0 fully saturated rings. The third kappa shape index (κ3) is 3.10. The molecule has 0 aromatic heterocycles. The Labute approximate surface area is 112 Å². The molecule has 0 spiro atoms.